The van der Waals surface area contributed by atoms with Crippen molar-refractivity contribution in [3.8, 4) is 6.07 Å². The second-order valence-electron chi connectivity index (χ2n) is 12.7. The molecule has 0 aliphatic rings. The maximum atomic E-state index is 9.84. The number of hydrogen-bond acceptors (Lipinski definition) is 4. The highest BCUT2D eigenvalue weighted by atomic mass is 28.4. The van der Waals surface area contributed by atoms with Crippen molar-refractivity contribution in [2.24, 2.45) is 0 Å². The average Bonchev–Trinajstić information content (AvgIpc) is 3.51. The van der Waals surface area contributed by atoms with Gasteiger partial charge in [-0.3, -0.25) is 0 Å². The second-order valence-corrected chi connectivity index (χ2v) is 17.4. The van der Waals surface area contributed by atoms with E-state index in [1.807, 2.05) is 48.8 Å². The Morgan fingerprint density at radius 1 is 0.773 bits per heavy atom. The molecule has 1 aromatic heterocycles. The Kier molecular flexibility index (Phi) is 9.31. The molecule has 0 aliphatic carbocycles. The number of imidazole rings is 1. The quantitative estimate of drug-likeness (QED) is 0.112. The minimum Gasteiger partial charge on any atom is -0.408 e. The van der Waals surface area contributed by atoms with Crippen LogP contribution in [0.4, 0.5) is 0 Å². The topological polar surface area (TPSA) is 60.1 Å². The zero-order chi connectivity index (χ0) is 31.2. The van der Waals surface area contributed by atoms with Crippen LogP contribution in [0.3, 0.4) is 0 Å². The molecule has 0 saturated carbocycles. The van der Waals surface area contributed by atoms with Gasteiger partial charge in [-0.15, -0.1) is 0 Å². The van der Waals surface area contributed by atoms with Crippen molar-refractivity contribution in [2.45, 2.75) is 57.2 Å². The summed E-state index contributed by atoms with van der Waals surface area (Å²) in [5.74, 6) is 0. The molecule has 0 N–H and O–H groups in total. The summed E-state index contributed by atoms with van der Waals surface area (Å²) < 4.78 is 15.4. The molecule has 0 radical (unpaired) electrons. The minimum atomic E-state index is -2.16. The summed E-state index contributed by atoms with van der Waals surface area (Å²) in [6.45, 7) is 11.8. The number of ether oxygens (including phenoxy) is 1. The van der Waals surface area contributed by atoms with Gasteiger partial charge in [0, 0.05) is 6.20 Å². The molecule has 1 atom stereocenters. The van der Waals surface area contributed by atoms with Crippen molar-refractivity contribution >= 4 is 8.32 Å². The number of benzene rings is 4. The summed E-state index contributed by atoms with van der Waals surface area (Å²) in [7, 11) is -2.16. The third-order valence-electron chi connectivity index (χ3n) is 8.79. The van der Waals surface area contributed by atoms with E-state index in [4.69, 9.17) is 14.1 Å². The highest BCUT2D eigenvalue weighted by molar-refractivity contribution is 6.74. The van der Waals surface area contributed by atoms with Crippen LogP contribution in [0.1, 0.15) is 60.4 Å². The second kappa shape index (κ2) is 13.2. The number of aromatic nitrogens is 2. The van der Waals surface area contributed by atoms with Crippen molar-refractivity contribution in [2.75, 3.05) is 6.61 Å². The molecule has 0 bridgehead atoms. The molecule has 5 aromatic rings. The highest BCUT2D eigenvalue weighted by Gasteiger charge is 2.40. The SMILES string of the molecule is CC(C)(C)[Si](C)(C)OC(COCc1cn(C(c2ccccc2)(c2ccccc2)c2ccccc2)cn1)c1ccccc1C#N. The fourth-order valence-electron chi connectivity index (χ4n) is 5.48. The summed E-state index contributed by atoms with van der Waals surface area (Å²) in [5.41, 5.74) is 5.07. The molecule has 224 valence electrons. The number of hydrogen-bond donors (Lipinski definition) is 0. The molecule has 5 rings (SSSR count). The lowest BCUT2D eigenvalue weighted by molar-refractivity contribution is 0.0324. The molecule has 0 fully saturated rings. The molecule has 0 aliphatic heterocycles. The summed E-state index contributed by atoms with van der Waals surface area (Å²) in [4.78, 5) is 4.83. The van der Waals surface area contributed by atoms with Crippen molar-refractivity contribution in [3.05, 3.63) is 161 Å². The molecule has 0 amide bonds. The molecule has 5 nitrogen and oxygen atoms in total. The van der Waals surface area contributed by atoms with Crippen LogP contribution < -0.4 is 0 Å². The normalized spacial score (nSPS) is 12.9. The summed E-state index contributed by atoms with van der Waals surface area (Å²) >= 11 is 0. The van der Waals surface area contributed by atoms with Crippen molar-refractivity contribution in [3.63, 3.8) is 0 Å². The molecule has 6 heteroatoms. The van der Waals surface area contributed by atoms with Gasteiger partial charge in [-0.05, 0) is 46.5 Å². The summed E-state index contributed by atoms with van der Waals surface area (Å²) in [6.07, 6.45) is 3.63. The van der Waals surface area contributed by atoms with Crippen LogP contribution in [0.25, 0.3) is 0 Å². The summed E-state index contributed by atoms with van der Waals surface area (Å²) in [6, 6.07) is 41.7. The number of nitriles is 1. The van der Waals surface area contributed by atoms with Crippen molar-refractivity contribution < 1.29 is 9.16 Å². The van der Waals surface area contributed by atoms with Crippen LogP contribution in [-0.4, -0.2) is 24.5 Å². The van der Waals surface area contributed by atoms with E-state index >= 15 is 0 Å². The third-order valence-corrected chi connectivity index (χ3v) is 13.3. The average molecular weight is 600 g/mol. The monoisotopic (exact) mass is 599 g/mol. The molecule has 1 heterocycles. The smallest absolute Gasteiger partial charge is 0.193 e. The van der Waals surface area contributed by atoms with E-state index in [1.54, 1.807) is 0 Å². The lowest BCUT2D eigenvalue weighted by atomic mass is 9.77. The minimum absolute atomic E-state index is 0.0151. The molecular weight excluding hydrogens is 559 g/mol. The van der Waals surface area contributed by atoms with Crippen LogP contribution in [0.5, 0.6) is 0 Å². The summed E-state index contributed by atoms with van der Waals surface area (Å²) in [5, 5.41) is 9.86. The van der Waals surface area contributed by atoms with Gasteiger partial charge in [0.2, 0.25) is 0 Å². The van der Waals surface area contributed by atoms with Gasteiger partial charge in [0.25, 0.3) is 0 Å². The Labute approximate surface area is 262 Å². The predicted molar refractivity (Wildman–Crippen MR) is 179 cm³/mol. The Balaban J connectivity index is 1.48. The van der Waals surface area contributed by atoms with Gasteiger partial charge < -0.3 is 13.7 Å². The maximum absolute atomic E-state index is 9.84. The standard InChI is InChI=1S/C38H41N3O2Si/c1-37(2,3)44(4,5)43-36(35-24-16-15-17-30(35)25-39)28-42-27-34-26-41(29-40-34)38(31-18-9-6-10-19-31,32-20-11-7-12-21-32)33-22-13-8-14-23-33/h6-24,26,29,36H,27-28H2,1-5H3. The Morgan fingerprint density at radius 3 is 1.77 bits per heavy atom. The van der Waals surface area contributed by atoms with Crippen LogP contribution >= 0.6 is 0 Å². The van der Waals surface area contributed by atoms with Gasteiger partial charge in [0.15, 0.2) is 8.32 Å². The van der Waals surface area contributed by atoms with E-state index in [2.05, 4.69) is 123 Å². The van der Waals surface area contributed by atoms with Crippen molar-refractivity contribution in [1.82, 2.24) is 9.55 Å². The fourth-order valence-corrected chi connectivity index (χ4v) is 6.74. The van der Waals surface area contributed by atoms with E-state index in [1.165, 1.54) is 0 Å². The predicted octanol–water partition coefficient (Wildman–Crippen LogP) is 8.87. The van der Waals surface area contributed by atoms with E-state index in [0.717, 1.165) is 27.9 Å². The van der Waals surface area contributed by atoms with Gasteiger partial charge in [-0.1, -0.05) is 130 Å². The first kappa shape index (κ1) is 31.2. The van der Waals surface area contributed by atoms with Gasteiger partial charge in [-0.2, -0.15) is 5.26 Å². The van der Waals surface area contributed by atoms with Crippen LogP contribution in [0.2, 0.25) is 18.1 Å². The van der Waals surface area contributed by atoms with Gasteiger partial charge in [0.05, 0.1) is 43.0 Å². The van der Waals surface area contributed by atoms with Crippen LogP contribution in [0, 0.1) is 11.3 Å². The lowest BCUT2D eigenvalue weighted by Gasteiger charge is -2.39. The fraction of sp³-hybridized carbons (Fsp3) is 0.263. The van der Waals surface area contributed by atoms with E-state index in [0.29, 0.717) is 18.8 Å². The van der Waals surface area contributed by atoms with E-state index in [-0.39, 0.29) is 11.1 Å². The highest BCUT2D eigenvalue weighted by Crippen LogP contribution is 2.42. The lowest BCUT2D eigenvalue weighted by Crippen LogP contribution is -2.42. The maximum Gasteiger partial charge on any atom is 0.193 e. The van der Waals surface area contributed by atoms with E-state index < -0.39 is 13.9 Å². The Morgan fingerprint density at radius 2 is 1.27 bits per heavy atom. The molecule has 0 spiro atoms. The molecule has 44 heavy (non-hydrogen) atoms. The third kappa shape index (κ3) is 6.32. The van der Waals surface area contributed by atoms with Crippen LogP contribution in [-0.2, 0) is 21.3 Å². The Hall–Kier alpha value is -4.28. The number of rotatable bonds is 11. The Bertz CT molecular complexity index is 1590. The van der Waals surface area contributed by atoms with Crippen molar-refractivity contribution in [1.29, 1.82) is 5.26 Å². The molecular formula is C38H41N3O2Si. The zero-order valence-corrected chi connectivity index (χ0v) is 27.3. The molecule has 4 aromatic carbocycles. The largest absolute Gasteiger partial charge is 0.408 e. The van der Waals surface area contributed by atoms with Crippen LogP contribution in [0.15, 0.2) is 128 Å². The van der Waals surface area contributed by atoms with E-state index in [9.17, 15) is 5.26 Å². The zero-order valence-electron chi connectivity index (χ0n) is 26.3. The molecule has 0 saturated heterocycles. The molecule has 1 unspecified atom stereocenters. The number of nitrogens with zero attached hydrogens (tertiary/aromatic N) is 3. The first-order valence-corrected chi connectivity index (χ1v) is 18.0. The van der Waals surface area contributed by atoms with Gasteiger partial charge in [-0.25, -0.2) is 4.98 Å². The van der Waals surface area contributed by atoms with Gasteiger partial charge in [0.1, 0.15) is 5.54 Å². The van der Waals surface area contributed by atoms with Gasteiger partial charge >= 0.3 is 0 Å². The first-order chi connectivity index (χ1) is 21.2. The first-order valence-electron chi connectivity index (χ1n) is 15.1.